The zero-order valence-corrected chi connectivity index (χ0v) is 20.5. The molecular formula is C25H47ClO4. The Balaban J connectivity index is 3.44. The van der Waals surface area contributed by atoms with Crippen LogP contribution in [0.5, 0.6) is 0 Å². The number of hydrogen-bond donors (Lipinski definition) is 0. The summed E-state index contributed by atoms with van der Waals surface area (Å²) in [6, 6.07) is 0. The van der Waals surface area contributed by atoms with Crippen molar-refractivity contribution in [3.05, 3.63) is 0 Å². The molecule has 0 aromatic rings. The zero-order chi connectivity index (χ0) is 22.3. The van der Waals surface area contributed by atoms with Crippen LogP contribution in [0.4, 0.5) is 0 Å². The van der Waals surface area contributed by atoms with Gasteiger partial charge < -0.3 is 9.47 Å². The molecule has 0 fully saturated rings. The molecular weight excluding hydrogens is 400 g/mol. The molecule has 4 nitrogen and oxygen atoms in total. The molecule has 0 aliphatic carbocycles. The molecule has 0 bridgehead atoms. The van der Waals surface area contributed by atoms with Gasteiger partial charge in [-0.1, -0.05) is 77.6 Å². The van der Waals surface area contributed by atoms with Crippen LogP contribution in [-0.4, -0.2) is 30.5 Å². The summed E-state index contributed by atoms with van der Waals surface area (Å²) in [5.74, 6) is 0.363. The summed E-state index contributed by atoms with van der Waals surface area (Å²) in [6.45, 7) is 4.67. The first-order valence-corrected chi connectivity index (χ1v) is 13.0. The average molecular weight is 447 g/mol. The number of hydrogen-bond acceptors (Lipinski definition) is 4. The fourth-order valence-corrected chi connectivity index (χ4v) is 3.64. The number of esters is 2. The maximum Gasteiger partial charge on any atom is 0.306 e. The molecule has 0 aromatic carbocycles. The van der Waals surface area contributed by atoms with E-state index in [0.29, 0.717) is 25.9 Å². The van der Waals surface area contributed by atoms with Crippen molar-refractivity contribution in [1.29, 1.82) is 0 Å². The van der Waals surface area contributed by atoms with Crippen molar-refractivity contribution >= 4 is 23.5 Å². The fourth-order valence-electron chi connectivity index (χ4n) is 3.45. The van der Waals surface area contributed by atoms with E-state index in [-0.39, 0.29) is 18.0 Å². The van der Waals surface area contributed by atoms with E-state index in [9.17, 15) is 9.59 Å². The second-order valence-corrected chi connectivity index (χ2v) is 8.83. The molecule has 0 aliphatic heterocycles. The quantitative estimate of drug-likeness (QED) is 0.0968. The average Bonchev–Trinajstić information content (AvgIpc) is 2.72. The third kappa shape index (κ3) is 21.9. The molecule has 178 valence electrons. The van der Waals surface area contributed by atoms with Gasteiger partial charge in [-0.05, 0) is 39.0 Å². The molecule has 0 radical (unpaired) electrons. The minimum atomic E-state index is -0.205. The SMILES string of the molecule is CCCCCCCCC(C)OC(=O)CCCC(=O)OCCCCCCCCCCCl. The highest BCUT2D eigenvalue weighted by molar-refractivity contribution is 6.17. The Kier molecular flexibility index (Phi) is 22.3. The Morgan fingerprint density at radius 2 is 1.23 bits per heavy atom. The minimum absolute atomic E-state index is 0.0315. The third-order valence-corrected chi connectivity index (χ3v) is 5.62. The van der Waals surface area contributed by atoms with Crippen LogP contribution in [0.25, 0.3) is 0 Å². The van der Waals surface area contributed by atoms with Crippen molar-refractivity contribution in [2.45, 2.75) is 136 Å². The molecule has 1 atom stereocenters. The van der Waals surface area contributed by atoms with E-state index in [1.807, 2.05) is 6.92 Å². The topological polar surface area (TPSA) is 52.6 Å². The van der Waals surface area contributed by atoms with Crippen molar-refractivity contribution in [2.75, 3.05) is 12.5 Å². The molecule has 0 N–H and O–H groups in total. The fraction of sp³-hybridized carbons (Fsp3) is 0.920. The number of rotatable bonds is 22. The second kappa shape index (κ2) is 22.9. The normalized spacial score (nSPS) is 12.0. The lowest BCUT2D eigenvalue weighted by molar-refractivity contribution is -0.149. The van der Waals surface area contributed by atoms with Crippen molar-refractivity contribution in [1.82, 2.24) is 0 Å². The maximum absolute atomic E-state index is 11.9. The van der Waals surface area contributed by atoms with Gasteiger partial charge in [-0.15, -0.1) is 11.6 Å². The van der Waals surface area contributed by atoms with Gasteiger partial charge in [0.2, 0.25) is 0 Å². The third-order valence-electron chi connectivity index (χ3n) is 5.35. The summed E-state index contributed by atoms with van der Waals surface area (Å²) >= 11 is 5.66. The van der Waals surface area contributed by atoms with Gasteiger partial charge in [0.1, 0.15) is 0 Å². The Labute approximate surface area is 190 Å². The van der Waals surface area contributed by atoms with Crippen LogP contribution in [0.2, 0.25) is 0 Å². The van der Waals surface area contributed by atoms with Gasteiger partial charge in [0.15, 0.2) is 0 Å². The molecule has 0 amide bonds. The van der Waals surface area contributed by atoms with Gasteiger partial charge >= 0.3 is 11.9 Å². The van der Waals surface area contributed by atoms with Gasteiger partial charge in [-0.3, -0.25) is 9.59 Å². The first-order chi connectivity index (χ1) is 14.6. The number of carbonyl (C=O) groups excluding carboxylic acids is 2. The molecule has 0 spiro atoms. The zero-order valence-electron chi connectivity index (χ0n) is 19.7. The van der Waals surface area contributed by atoms with E-state index in [0.717, 1.165) is 38.0 Å². The molecule has 0 aliphatic rings. The van der Waals surface area contributed by atoms with E-state index >= 15 is 0 Å². The van der Waals surface area contributed by atoms with Crippen molar-refractivity contribution in [3.8, 4) is 0 Å². The van der Waals surface area contributed by atoms with Crippen LogP contribution in [0.3, 0.4) is 0 Å². The Morgan fingerprint density at radius 3 is 1.87 bits per heavy atom. The molecule has 0 saturated heterocycles. The summed E-state index contributed by atoms with van der Waals surface area (Å²) < 4.78 is 10.7. The summed E-state index contributed by atoms with van der Waals surface area (Å²) in [6.07, 6.45) is 18.8. The van der Waals surface area contributed by atoms with Crippen LogP contribution in [0, 0.1) is 0 Å². The van der Waals surface area contributed by atoms with Gasteiger partial charge in [-0.25, -0.2) is 0 Å². The van der Waals surface area contributed by atoms with E-state index in [2.05, 4.69) is 6.92 Å². The van der Waals surface area contributed by atoms with Gasteiger partial charge in [0.05, 0.1) is 12.7 Å². The maximum atomic E-state index is 11.9. The number of ether oxygens (including phenoxy) is 2. The predicted octanol–water partition coefficient (Wildman–Crippen LogP) is 7.74. The Bertz CT molecular complexity index is 401. The lowest BCUT2D eigenvalue weighted by Gasteiger charge is -2.13. The molecule has 0 heterocycles. The first-order valence-electron chi connectivity index (χ1n) is 12.5. The summed E-state index contributed by atoms with van der Waals surface area (Å²) in [5.41, 5.74) is 0. The lowest BCUT2D eigenvalue weighted by Crippen LogP contribution is -2.15. The lowest BCUT2D eigenvalue weighted by atomic mass is 10.1. The van der Waals surface area contributed by atoms with Crippen molar-refractivity contribution in [3.63, 3.8) is 0 Å². The Morgan fingerprint density at radius 1 is 0.700 bits per heavy atom. The van der Waals surface area contributed by atoms with Gasteiger partial charge in [-0.2, -0.15) is 0 Å². The standard InChI is InChI=1S/C25H47ClO4/c1-3-4-5-6-11-14-18-23(2)30-25(28)20-17-19-24(27)29-22-16-13-10-8-7-9-12-15-21-26/h23H,3-22H2,1-2H3. The summed E-state index contributed by atoms with van der Waals surface area (Å²) in [4.78, 5) is 23.6. The van der Waals surface area contributed by atoms with Gasteiger partial charge in [0.25, 0.3) is 0 Å². The number of alkyl halides is 1. The van der Waals surface area contributed by atoms with Crippen molar-refractivity contribution in [2.24, 2.45) is 0 Å². The predicted molar refractivity (Wildman–Crippen MR) is 126 cm³/mol. The molecule has 0 aromatic heterocycles. The van der Waals surface area contributed by atoms with Crippen LogP contribution in [0.15, 0.2) is 0 Å². The highest BCUT2D eigenvalue weighted by Crippen LogP contribution is 2.12. The molecule has 30 heavy (non-hydrogen) atoms. The monoisotopic (exact) mass is 446 g/mol. The van der Waals surface area contributed by atoms with Gasteiger partial charge in [0, 0.05) is 18.7 Å². The first kappa shape index (κ1) is 29.2. The summed E-state index contributed by atoms with van der Waals surface area (Å²) in [5, 5.41) is 0. The number of halogens is 1. The molecule has 1 unspecified atom stereocenters. The molecule has 5 heteroatoms. The number of unbranched alkanes of at least 4 members (excludes halogenated alkanes) is 12. The van der Waals surface area contributed by atoms with E-state index in [1.54, 1.807) is 0 Å². The van der Waals surface area contributed by atoms with Crippen LogP contribution in [-0.2, 0) is 19.1 Å². The molecule has 0 saturated carbocycles. The largest absolute Gasteiger partial charge is 0.466 e. The van der Waals surface area contributed by atoms with Crippen LogP contribution >= 0.6 is 11.6 Å². The summed E-state index contributed by atoms with van der Waals surface area (Å²) in [7, 11) is 0. The van der Waals surface area contributed by atoms with Crippen LogP contribution < -0.4 is 0 Å². The smallest absolute Gasteiger partial charge is 0.306 e. The highest BCUT2D eigenvalue weighted by Gasteiger charge is 2.11. The van der Waals surface area contributed by atoms with E-state index in [4.69, 9.17) is 21.1 Å². The van der Waals surface area contributed by atoms with E-state index < -0.39 is 0 Å². The minimum Gasteiger partial charge on any atom is -0.466 e. The Hall–Kier alpha value is -0.770. The highest BCUT2D eigenvalue weighted by atomic mass is 35.5. The second-order valence-electron chi connectivity index (χ2n) is 8.45. The number of carbonyl (C=O) groups is 2. The van der Waals surface area contributed by atoms with E-state index in [1.165, 1.54) is 64.2 Å². The van der Waals surface area contributed by atoms with Crippen molar-refractivity contribution < 1.29 is 19.1 Å². The van der Waals surface area contributed by atoms with Crippen LogP contribution in [0.1, 0.15) is 129 Å². The molecule has 0 rings (SSSR count).